The molecule has 8 nitrogen and oxygen atoms in total. The van der Waals surface area contributed by atoms with E-state index in [0.717, 1.165) is 118 Å². The van der Waals surface area contributed by atoms with Gasteiger partial charge in [0.2, 0.25) is 0 Å². The summed E-state index contributed by atoms with van der Waals surface area (Å²) >= 11 is 3.68. The molecule has 0 fully saturated rings. The average Bonchev–Trinajstić information content (AvgIpc) is 1.50. The summed E-state index contributed by atoms with van der Waals surface area (Å²) in [6.07, 6.45) is 0. The van der Waals surface area contributed by atoms with Crippen LogP contribution < -0.4 is 9.47 Å². The first-order chi connectivity index (χ1) is 53.5. The molecular weight excluding hydrogens is 1360 g/mol. The van der Waals surface area contributed by atoms with Gasteiger partial charge < -0.3 is 9.47 Å². The summed E-state index contributed by atoms with van der Waals surface area (Å²) in [6.45, 7) is 0. The number of rotatable bonds is 8. The highest BCUT2D eigenvalue weighted by molar-refractivity contribution is 7.26. The maximum atomic E-state index is 7.49. The third kappa shape index (κ3) is 8.90. The Bertz CT molecular complexity index is 6930. The maximum absolute atomic E-state index is 7.49. The highest BCUT2D eigenvalue weighted by Gasteiger charge is 2.54. The lowest BCUT2D eigenvalue weighted by molar-refractivity contribution is 0.436. The van der Waals surface area contributed by atoms with Gasteiger partial charge in [0, 0.05) is 102 Å². The number of para-hydroxylation sites is 4. The molecule has 0 radical (unpaired) electrons. The topological polar surface area (TPSA) is 95.8 Å². The van der Waals surface area contributed by atoms with Crippen molar-refractivity contribution in [3.8, 4) is 136 Å². The van der Waals surface area contributed by atoms with Crippen LogP contribution in [-0.2, 0) is 10.8 Å². The maximum Gasteiger partial charge on any atom is 0.164 e. The van der Waals surface area contributed by atoms with Gasteiger partial charge in [0.15, 0.2) is 34.9 Å². The largest absolute Gasteiger partial charge is 0.457 e. The van der Waals surface area contributed by atoms with Crippen molar-refractivity contribution in [1.82, 2.24) is 29.9 Å². The third-order valence-corrected chi connectivity index (χ3v) is 24.8. The Morgan fingerprint density at radius 3 is 1.17 bits per heavy atom. The van der Waals surface area contributed by atoms with E-state index in [1.54, 1.807) is 0 Å². The fourth-order valence-electron chi connectivity index (χ4n) is 17.9. The third-order valence-electron chi connectivity index (χ3n) is 22.5. The summed E-state index contributed by atoms with van der Waals surface area (Å²) in [6, 6.07) is 122. The summed E-state index contributed by atoms with van der Waals surface area (Å²) in [7, 11) is 0. The van der Waals surface area contributed by atoms with Crippen molar-refractivity contribution in [2.75, 3.05) is 0 Å². The van der Waals surface area contributed by atoms with Crippen LogP contribution in [0, 0.1) is 0 Å². The van der Waals surface area contributed by atoms with E-state index in [1.807, 2.05) is 102 Å². The summed E-state index contributed by atoms with van der Waals surface area (Å²) in [5.74, 6) is 6.81. The molecule has 6 heterocycles. The molecule has 0 saturated carbocycles. The standard InChI is InChI=1S/C98H56N6O2S2/c1-4-24-57(25-5-1)91-99-92(58-26-6-2-7-27-58)101-94(100-91)63-32-20-30-60(50-63)61-48-49-74-69(52-61)70-55-87-71(66-34-10-18-46-85(66)107-87)53-80(70)97(74)77-40-14-17-45-84(77)106-90-65(36-22-42-79(90)97)62-31-21-33-64(51-62)95-102-93(59-28-8-3-9-29-59)103-96(104-95)68-37-23-41-78-89(68)73-56-88-72(67-35-11-19-47-86(67)108-88)54-81(73)98(78)75-38-12-15-43-82(75)105-83-44-16-13-39-76(83)98/h1-56H. The van der Waals surface area contributed by atoms with E-state index in [0.29, 0.717) is 34.9 Å². The molecule has 0 N–H and O–H groups in total. The number of fused-ring (bicyclic) bond motifs is 24. The molecule has 10 heteroatoms. The molecule has 2 spiro atoms. The van der Waals surface area contributed by atoms with E-state index in [9.17, 15) is 0 Å². The van der Waals surface area contributed by atoms with Gasteiger partial charge in [0.1, 0.15) is 23.0 Å². The molecule has 1 atom stereocenters. The molecule has 4 aromatic heterocycles. The van der Waals surface area contributed by atoms with Crippen LogP contribution in [0.4, 0.5) is 0 Å². The first-order valence-corrected chi connectivity index (χ1v) is 38.0. The van der Waals surface area contributed by atoms with Crippen molar-refractivity contribution in [3.05, 3.63) is 384 Å². The molecular formula is C98H56N6O2S2. The zero-order valence-electron chi connectivity index (χ0n) is 57.6. The molecule has 0 saturated heterocycles. The Morgan fingerprint density at radius 1 is 0.204 bits per heavy atom. The molecule has 4 aliphatic rings. The predicted molar refractivity (Wildman–Crippen MR) is 437 cm³/mol. The Hall–Kier alpha value is -13.6. The number of nitrogens with zero attached hydrogens (tertiary/aromatic N) is 6. The van der Waals surface area contributed by atoms with Crippen molar-refractivity contribution >= 4 is 63.0 Å². The lowest BCUT2D eigenvalue weighted by Crippen LogP contribution is -2.32. The second kappa shape index (κ2) is 23.4. The fraction of sp³-hybridized carbons (Fsp3) is 0.0204. The smallest absolute Gasteiger partial charge is 0.164 e. The van der Waals surface area contributed by atoms with Gasteiger partial charge in [-0.25, -0.2) is 29.9 Å². The normalized spacial score (nSPS) is 14.4. The van der Waals surface area contributed by atoms with Crippen LogP contribution in [0.2, 0.25) is 0 Å². The minimum Gasteiger partial charge on any atom is -0.457 e. The molecule has 15 aromatic carbocycles. The number of thiophene rings is 2. The van der Waals surface area contributed by atoms with E-state index in [1.165, 1.54) is 68.2 Å². The zero-order chi connectivity index (χ0) is 70.8. The monoisotopic (exact) mass is 1410 g/mol. The quantitative estimate of drug-likeness (QED) is 0.148. The van der Waals surface area contributed by atoms with Gasteiger partial charge in [0.25, 0.3) is 0 Å². The molecule has 2 aliphatic carbocycles. The lowest BCUT2D eigenvalue weighted by Gasteiger charge is -2.40. The number of hydrogen-bond acceptors (Lipinski definition) is 10. The Kier molecular flexibility index (Phi) is 13.2. The van der Waals surface area contributed by atoms with Crippen LogP contribution in [0.15, 0.2) is 340 Å². The van der Waals surface area contributed by atoms with Gasteiger partial charge in [-0.1, -0.05) is 267 Å². The fourth-order valence-corrected chi connectivity index (χ4v) is 20.1. The predicted octanol–water partition coefficient (Wildman–Crippen LogP) is 25.1. The van der Waals surface area contributed by atoms with Crippen molar-refractivity contribution in [2.24, 2.45) is 0 Å². The molecule has 23 rings (SSSR count). The van der Waals surface area contributed by atoms with Crippen molar-refractivity contribution < 1.29 is 9.47 Å². The molecule has 502 valence electrons. The van der Waals surface area contributed by atoms with Crippen LogP contribution in [0.25, 0.3) is 153 Å². The molecule has 2 aliphatic heterocycles. The number of ether oxygens (including phenoxy) is 2. The van der Waals surface area contributed by atoms with Gasteiger partial charge >= 0.3 is 0 Å². The first-order valence-electron chi connectivity index (χ1n) is 36.4. The molecule has 19 aromatic rings. The molecule has 1 unspecified atom stereocenters. The van der Waals surface area contributed by atoms with Crippen LogP contribution in [-0.4, -0.2) is 29.9 Å². The highest BCUT2D eigenvalue weighted by atomic mass is 32.1. The molecule has 108 heavy (non-hydrogen) atoms. The van der Waals surface area contributed by atoms with Crippen LogP contribution >= 0.6 is 22.7 Å². The van der Waals surface area contributed by atoms with E-state index in [4.69, 9.17) is 39.4 Å². The van der Waals surface area contributed by atoms with Gasteiger partial charge in [0.05, 0.1) is 10.8 Å². The SMILES string of the molecule is c1ccc(-c2nc(-c3ccccc3)nc(-c3cccc(-c4ccc5c(c4)-c4cc6sc7ccccc7c6cc4C54c5ccccc5Oc5c(-c6cccc(-c7nc(-c8ccccc8)nc(-c8cccc9c8-c8cc%10sc%11ccccc%11c%10cc8C98c9ccccc9Oc9ccccc98)n7)c6)cccc54)c3)n2)cc1. The molecule has 0 amide bonds. The van der Waals surface area contributed by atoms with Gasteiger partial charge in [-0.3, -0.25) is 0 Å². The first kappa shape index (κ1) is 60.7. The minimum atomic E-state index is -0.814. The summed E-state index contributed by atoms with van der Waals surface area (Å²) in [5.41, 5.74) is 21.5. The number of aromatic nitrogens is 6. The van der Waals surface area contributed by atoms with Crippen LogP contribution in [0.3, 0.4) is 0 Å². The molecule has 0 bridgehead atoms. The van der Waals surface area contributed by atoms with Gasteiger partial charge in [-0.2, -0.15) is 0 Å². The van der Waals surface area contributed by atoms with E-state index in [2.05, 4.69) is 261 Å². The van der Waals surface area contributed by atoms with Crippen molar-refractivity contribution in [3.63, 3.8) is 0 Å². The summed E-state index contributed by atoms with van der Waals surface area (Å²) < 4.78 is 19.3. The van der Waals surface area contributed by atoms with Crippen molar-refractivity contribution in [1.29, 1.82) is 0 Å². The van der Waals surface area contributed by atoms with Crippen molar-refractivity contribution in [2.45, 2.75) is 10.8 Å². The average molecular weight is 1410 g/mol. The van der Waals surface area contributed by atoms with Gasteiger partial charge in [-0.15, -0.1) is 22.7 Å². The van der Waals surface area contributed by atoms with E-state index >= 15 is 0 Å². The zero-order valence-corrected chi connectivity index (χ0v) is 59.3. The van der Waals surface area contributed by atoms with Crippen LogP contribution in [0.1, 0.15) is 44.5 Å². The summed E-state index contributed by atoms with van der Waals surface area (Å²) in [4.78, 5) is 32.0. The van der Waals surface area contributed by atoms with E-state index in [-0.39, 0.29) is 0 Å². The highest BCUT2D eigenvalue weighted by Crippen LogP contribution is 2.67. The minimum absolute atomic E-state index is 0.551. The summed E-state index contributed by atoms with van der Waals surface area (Å²) in [5, 5.41) is 4.95. The second-order valence-corrected chi connectivity index (χ2v) is 30.4. The Balaban J connectivity index is 0.697. The van der Waals surface area contributed by atoms with Gasteiger partial charge in [-0.05, 0) is 134 Å². The lowest BCUT2D eigenvalue weighted by atomic mass is 9.65. The number of hydrogen-bond donors (Lipinski definition) is 0. The van der Waals surface area contributed by atoms with E-state index < -0.39 is 10.8 Å². The Labute approximate surface area is 628 Å². The second-order valence-electron chi connectivity index (χ2n) is 28.2. The number of benzene rings is 15. The Morgan fingerprint density at radius 2 is 0.593 bits per heavy atom. The van der Waals surface area contributed by atoms with Crippen LogP contribution in [0.5, 0.6) is 23.0 Å².